The molecular weight excluding hydrogens is 212 g/mol. The predicted molar refractivity (Wildman–Crippen MR) is 71.8 cm³/mol. The summed E-state index contributed by atoms with van der Waals surface area (Å²) >= 11 is 0. The summed E-state index contributed by atoms with van der Waals surface area (Å²) in [5, 5.41) is 9.41. The average molecular weight is 236 g/mol. The van der Waals surface area contributed by atoms with Crippen molar-refractivity contribution in [2.45, 2.75) is 38.9 Å². The molecule has 3 nitrogen and oxygen atoms in total. The van der Waals surface area contributed by atoms with E-state index in [1.165, 1.54) is 11.1 Å². The lowest BCUT2D eigenvalue weighted by atomic mass is 10.0. The van der Waals surface area contributed by atoms with Crippen molar-refractivity contribution in [3.8, 4) is 0 Å². The third kappa shape index (κ3) is 4.11. The van der Waals surface area contributed by atoms with Gasteiger partial charge in [0.05, 0.1) is 6.61 Å². The lowest BCUT2D eigenvalue weighted by Crippen LogP contribution is -2.47. The Balaban J connectivity index is 2.66. The van der Waals surface area contributed by atoms with Gasteiger partial charge in [0.25, 0.3) is 0 Å². The summed E-state index contributed by atoms with van der Waals surface area (Å²) < 4.78 is 0. The van der Waals surface area contributed by atoms with E-state index in [9.17, 15) is 5.11 Å². The third-order valence-electron chi connectivity index (χ3n) is 3.23. The van der Waals surface area contributed by atoms with Crippen LogP contribution in [0.25, 0.3) is 0 Å². The van der Waals surface area contributed by atoms with Gasteiger partial charge < -0.3 is 10.8 Å². The maximum atomic E-state index is 9.41. The maximum Gasteiger partial charge on any atom is 0.0601 e. The average Bonchev–Trinajstić information content (AvgIpc) is 2.29. The first-order chi connectivity index (χ1) is 8.08. The van der Waals surface area contributed by atoms with Crippen molar-refractivity contribution in [3.05, 3.63) is 35.4 Å². The Morgan fingerprint density at radius 1 is 1.41 bits per heavy atom. The molecule has 96 valence electrons. The molecule has 0 aliphatic heterocycles. The monoisotopic (exact) mass is 236 g/mol. The SMILES string of the molecule is CCC(N)C(CO)N(C)Cc1cccc(C)c1. The number of benzene rings is 1. The molecule has 0 aliphatic carbocycles. The van der Waals surface area contributed by atoms with E-state index in [4.69, 9.17) is 5.73 Å². The van der Waals surface area contributed by atoms with Gasteiger partial charge in [0.15, 0.2) is 0 Å². The van der Waals surface area contributed by atoms with Crippen molar-refractivity contribution in [1.82, 2.24) is 4.90 Å². The zero-order chi connectivity index (χ0) is 12.8. The quantitative estimate of drug-likeness (QED) is 0.787. The molecule has 3 N–H and O–H groups in total. The first-order valence-electron chi connectivity index (χ1n) is 6.20. The van der Waals surface area contributed by atoms with Gasteiger partial charge in [-0.2, -0.15) is 0 Å². The molecule has 0 spiro atoms. The van der Waals surface area contributed by atoms with E-state index >= 15 is 0 Å². The zero-order valence-corrected chi connectivity index (χ0v) is 11.1. The number of nitrogens with zero attached hydrogens (tertiary/aromatic N) is 1. The fraction of sp³-hybridized carbons (Fsp3) is 0.571. The Morgan fingerprint density at radius 2 is 2.12 bits per heavy atom. The molecule has 0 amide bonds. The van der Waals surface area contributed by atoms with Gasteiger partial charge in [-0.1, -0.05) is 36.8 Å². The van der Waals surface area contributed by atoms with Crippen LogP contribution in [0.2, 0.25) is 0 Å². The Hall–Kier alpha value is -0.900. The molecule has 2 atom stereocenters. The molecule has 1 aromatic carbocycles. The van der Waals surface area contributed by atoms with E-state index in [-0.39, 0.29) is 18.7 Å². The fourth-order valence-electron chi connectivity index (χ4n) is 2.09. The number of aliphatic hydroxyl groups is 1. The summed E-state index contributed by atoms with van der Waals surface area (Å²) in [6.07, 6.45) is 0.878. The minimum atomic E-state index is 0.0230. The van der Waals surface area contributed by atoms with Gasteiger partial charge in [0.1, 0.15) is 0 Å². The number of nitrogens with two attached hydrogens (primary N) is 1. The third-order valence-corrected chi connectivity index (χ3v) is 3.23. The molecule has 0 radical (unpaired) electrons. The molecule has 3 heteroatoms. The zero-order valence-electron chi connectivity index (χ0n) is 11.1. The number of hydrogen-bond donors (Lipinski definition) is 2. The van der Waals surface area contributed by atoms with Crippen LogP contribution in [0.3, 0.4) is 0 Å². The normalized spacial score (nSPS) is 14.9. The van der Waals surface area contributed by atoms with Crippen LogP contribution in [-0.4, -0.2) is 35.7 Å². The van der Waals surface area contributed by atoms with Crippen LogP contribution in [0.15, 0.2) is 24.3 Å². The molecule has 1 aromatic rings. The van der Waals surface area contributed by atoms with Crippen molar-refractivity contribution in [2.24, 2.45) is 5.73 Å². The first kappa shape index (κ1) is 14.2. The predicted octanol–water partition coefficient (Wildman–Crippen LogP) is 1.53. The van der Waals surface area contributed by atoms with Crippen LogP contribution in [0.1, 0.15) is 24.5 Å². The molecule has 2 unspecified atom stereocenters. The van der Waals surface area contributed by atoms with Crippen molar-refractivity contribution in [2.75, 3.05) is 13.7 Å². The van der Waals surface area contributed by atoms with E-state index in [2.05, 4.69) is 36.1 Å². The molecular formula is C14H24N2O. The summed E-state index contributed by atoms with van der Waals surface area (Å²) in [6.45, 7) is 5.07. The van der Waals surface area contributed by atoms with Crippen LogP contribution >= 0.6 is 0 Å². The Kier molecular flexibility index (Phi) is 5.62. The summed E-state index contributed by atoms with van der Waals surface area (Å²) in [6, 6.07) is 8.48. The summed E-state index contributed by atoms with van der Waals surface area (Å²) in [5.74, 6) is 0. The summed E-state index contributed by atoms with van der Waals surface area (Å²) in [5.41, 5.74) is 8.53. The van der Waals surface area contributed by atoms with E-state index in [0.717, 1.165) is 13.0 Å². The van der Waals surface area contributed by atoms with Gasteiger partial charge in [-0.25, -0.2) is 0 Å². The highest BCUT2D eigenvalue weighted by atomic mass is 16.3. The summed E-state index contributed by atoms with van der Waals surface area (Å²) in [7, 11) is 2.01. The Labute approximate surface area is 104 Å². The second-order valence-corrected chi connectivity index (χ2v) is 4.73. The first-order valence-corrected chi connectivity index (χ1v) is 6.20. The molecule has 17 heavy (non-hydrogen) atoms. The van der Waals surface area contributed by atoms with Crippen molar-refractivity contribution in [1.29, 1.82) is 0 Å². The number of rotatable bonds is 6. The topological polar surface area (TPSA) is 49.5 Å². The van der Waals surface area contributed by atoms with E-state index in [0.29, 0.717) is 0 Å². The van der Waals surface area contributed by atoms with Crippen molar-refractivity contribution >= 4 is 0 Å². The highest BCUT2D eigenvalue weighted by Crippen LogP contribution is 2.11. The molecule has 0 heterocycles. The number of aliphatic hydroxyl groups excluding tert-OH is 1. The molecule has 0 saturated heterocycles. The van der Waals surface area contributed by atoms with E-state index < -0.39 is 0 Å². The molecule has 0 saturated carbocycles. The Morgan fingerprint density at radius 3 is 2.65 bits per heavy atom. The molecule has 0 aromatic heterocycles. The lowest BCUT2D eigenvalue weighted by Gasteiger charge is -2.30. The maximum absolute atomic E-state index is 9.41. The fourth-order valence-corrected chi connectivity index (χ4v) is 2.09. The number of aryl methyl sites for hydroxylation is 1. The van der Waals surface area contributed by atoms with Gasteiger partial charge in [-0.05, 0) is 26.0 Å². The van der Waals surface area contributed by atoms with Crippen LogP contribution in [0.4, 0.5) is 0 Å². The van der Waals surface area contributed by atoms with Gasteiger partial charge in [-0.15, -0.1) is 0 Å². The van der Waals surface area contributed by atoms with Gasteiger partial charge >= 0.3 is 0 Å². The van der Waals surface area contributed by atoms with E-state index in [1.54, 1.807) is 0 Å². The summed E-state index contributed by atoms with van der Waals surface area (Å²) in [4.78, 5) is 2.13. The second-order valence-electron chi connectivity index (χ2n) is 4.73. The molecule has 0 aliphatic rings. The van der Waals surface area contributed by atoms with Gasteiger partial charge in [-0.3, -0.25) is 4.90 Å². The minimum absolute atomic E-state index is 0.0230. The van der Waals surface area contributed by atoms with Crippen LogP contribution in [-0.2, 0) is 6.54 Å². The highest BCUT2D eigenvalue weighted by molar-refractivity contribution is 5.22. The lowest BCUT2D eigenvalue weighted by molar-refractivity contribution is 0.120. The van der Waals surface area contributed by atoms with Gasteiger partial charge in [0.2, 0.25) is 0 Å². The van der Waals surface area contributed by atoms with Crippen molar-refractivity contribution in [3.63, 3.8) is 0 Å². The van der Waals surface area contributed by atoms with Crippen LogP contribution in [0, 0.1) is 6.92 Å². The van der Waals surface area contributed by atoms with Crippen LogP contribution < -0.4 is 5.73 Å². The van der Waals surface area contributed by atoms with E-state index in [1.807, 2.05) is 14.0 Å². The minimum Gasteiger partial charge on any atom is -0.395 e. The van der Waals surface area contributed by atoms with Gasteiger partial charge in [0, 0.05) is 18.6 Å². The second kappa shape index (κ2) is 6.74. The molecule has 0 fully saturated rings. The largest absolute Gasteiger partial charge is 0.395 e. The molecule has 1 rings (SSSR count). The Bertz CT molecular complexity index is 341. The standard InChI is InChI=1S/C14H24N2O/c1-4-13(15)14(10-17)16(3)9-12-7-5-6-11(2)8-12/h5-8,13-14,17H,4,9-10,15H2,1-3H3. The van der Waals surface area contributed by atoms with Crippen molar-refractivity contribution < 1.29 is 5.11 Å². The smallest absolute Gasteiger partial charge is 0.0601 e. The number of likely N-dealkylation sites (N-methyl/N-ethyl adjacent to an activating group) is 1. The highest BCUT2D eigenvalue weighted by Gasteiger charge is 2.20. The van der Waals surface area contributed by atoms with Crippen LogP contribution in [0.5, 0.6) is 0 Å². The number of hydrogen-bond acceptors (Lipinski definition) is 3. The molecule has 0 bridgehead atoms.